The molecular weight excluding hydrogens is 638 g/mol. The number of nitrogens with zero attached hydrogens (tertiary/aromatic N) is 7. The largest absolute Gasteiger partial charge is 0.417 e. The summed E-state index contributed by atoms with van der Waals surface area (Å²) >= 11 is 7.54. The van der Waals surface area contributed by atoms with Crippen LogP contribution in [0.3, 0.4) is 0 Å². The van der Waals surface area contributed by atoms with Crippen molar-refractivity contribution in [2.45, 2.75) is 64.3 Å². The van der Waals surface area contributed by atoms with Gasteiger partial charge in [-0.05, 0) is 57.6 Å². The first-order valence-electron chi connectivity index (χ1n) is 15.7. The average molecular weight is 680 g/mol. The van der Waals surface area contributed by atoms with Gasteiger partial charge >= 0.3 is 0 Å². The van der Waals surface area contributed by atoms with Crippen LogP contribution in [-0.4, -0.2) is 79.1 Å². The fourth-order valence-corrected chi connectivity index (χ4v) is 8.25. The molecule has 1 fully saturated rings. The predicted octanol–water partition coefficient (Wildman–Crippen LogP) is 6.90. The maximum atomic E-state index is 12.9. The van der Waals surface area contributed by atoms with E-state index in [0.717, 1.165) is 69.4 Å². The Labute approximate surface area is 281 Å². The van der Waals surface area contributed by atoms with Gasteiger partial charge in [0.2, 0.25) is 0 Å². The van der Waals surface area contributed by atoms with Crippen LogP contribution in [0, 0.1) is 26.2 Å². The smallest absolute Gasteiger partial charge is 0.267 e. The number of anilines is 4. The van der Waals surface area contributed by atoms with E-state index in [1.54, 1.807) is 12.3 Å². The molecule has 0 spiro atoms. The Balaban J connectivity index is 1.06. The van der Waals surface area contributed by atoms with E-state index in [2.05, 4.69) is 59.6 Å². The quantitative estimate of drug-likeness (QED) is 0.132. The number of hydrogen-bond acceptors (Lipinski definition) is 11. The van der Waals surface area contributed by atoms with Crippen molar-refractivity contribution in [3.8, 4) is 12.3 Å². The number of terminal acetylenes is 1. The fraction of sp³-hybridized carbons (Fsp3) is 0.500. The van der Waals surface area contributed by atoms with Gasteiger partial charge in [0.1, 0.15) is 22.3 Å². The Morgan fingerprint density at radius 2 is 1.96 bits per heavy atom. The minimum atomic E-state index is -1.75. The Morgan fingerprint density at radius 3 is 2.67 bits per heavy atom. The highest BCUT2D eigenvalue weighted by Gasteiger charge is 2.39. The zero-order chi connectivity index (χ0) is 32.7. The SMILES string of the molecule is C#CCCC1(CCO[Si](C)(C)CCCN2CCN(c3cc(Nc4ncc(C(=O)Nc5c(C)cccc5Cl)s4)nc(C)n3)CC2)N=N1. The molecule has 0 radical (unpaired) electrons. The molecule has 1 saturated heterocycles. The number of carbonyl (C=O) groups excluding carboxylic acids is 1. The van der Waals surface area contributed by atoms with Crippen molar-refractivity contribution in [3.05, 3.63) is 51.7 Å². The van der Waals surface area contributed by atoms with Crippen LogP contribution in [0.25, 0.3) is 0 Å². The summed E-state index contributed by atoms with van der Waals surface area (Å²) in [6, 6.07) is 8.58. The molecule has 2 aliphatic rings. The lowest BCUT2D eigenvalue weighted by Crippen LogP contribution is -2.47. The van der Waals surface area contributed by atoms with Gasteiger partial charge in [-0.25, -0.2) is 15.0 Å². The van der Waals surface area contributed by atoms with Crippen LogP contribution in [-0.2, 0) is 4.43 Å². The second-order valence-electron chi connectivity index (χ2n) is 12.4. The Hall–Kier alpha value is -3.41. The molecule has 0 aliphatic carbocycles. The first-order valence-corrected chi connectivity index (χ1v) is 20.0. The molecular formula is C32H42ClN9O2SSi. The van der Waals surface area contributed by atoms with E-state index < -0.39 is 8.32 Å². The van der Waals surface area contributed by atoms with Crippen molar-refractivity contribution in [2.24, 2.45) is 10.2 Å². The van der Waals surface area contributed by atoms with Crippen LogP contribution in [0.4, 0.5) is 22.5 Å². The van der Waals surface area contributed by atoms with E-state index in [4.69, 9.17) is 27.4 Å². The Kier molecular flexibility index (Phi) is 11.1. The summed E-state index contributed by atoms with van der Waals surface area (Å²) in [5.74, 6) is 4.62. The zero-order valence-electron chi connectivity index (χ0n) is 27.0. The molecule has 14 heteroatoms. The summed E-state index contributed by atoms with van der Waals surface area (Å²) in [7, 11) is -1.75. The summed E-state index contributed by atoms with van der Waals surface area (Å²) in [4.78, 5) is 31.8. The lowest BCUT2D eigenvalue weighted by Gasteiger charge is -2.36. The molecule has 1 aromatic carbocycles. The van der Waals surface area contributed by atoms with Crippen LogP contribution >= 0.6 is 22.9 Å². The third-order valence-corrected chi connectivity index (χ3v) is 12.0. The molecule has 2 aromatic heterocycles. The zero-order valence-corrected chi connectivity index (χ0v) is 29.5. The van der Waals surface area contributed by atoms with Gasteiger partial charge in [0.15, 0.2) is 19.1 Å². The number of aromatic nitrogens is 3. The van der Waals surface area contributed by atoms with Crippen LogP contribution in [0.1, 0.15) is 46.7 Å². The molecule has 244 valence electrons. The highest BCUT2D eigenvalue weighted by Crippen LogP contribution is 2.37. The number of carbonyl (C=O) groups is 1. The Bertz CT molecular complexity index is 1570. The van der Waals surface area contributed by atoms with Crippen molar-refractivity contribution < 1.29 is 9.22 Å². The molecule has 0 bridgehead atoms. The van der Waals surface area contributed by atoms with Gasteiger partial charge in [-0.3, -0.25) is 9.69 Å². The third-order valence-electron chi connectivity index (χ3n) is 8.25. The van der Waals surface area contributed by atoms with Crippen molar-refractivity contribution >= 4 is 59.6 Å². The maximum absolute atomic E-state index is 12.9. The van der Waals surface area contributed by atoms with Gasteiger partial charge in [0, 0.05) is 58.1 Å². The molecule has 0 saturated carbocycles. The number of para-hydroxylation sites is 1. The molecule has 46 heavy (non-hydrogen) atoms. The van der Waals surface area contributed by atoms with Crippen LogP contribution in [0.15, 0.2) is 40.7 Å². The number of rotatable bonds is 15. The van der Waals surface area contributed by atoms with Gasteiger partial charge in [-0.1, -0.05) is 35.1 Å². The predicted molar refractivity (Wildman–Crippen MR) is 188 cm³/mol. The number of aryl methyl sites for hydroxylation is 2. The summed E-state index contributed by atoms with van der Waals surface area (Å²) in [6.07, 6.45) is 10.4. The molecule has 3 aromatic rings. The second kappa shape index (κ2) is 15.0. The molecule has 2 aliphatic heterocycles. The highest BCUT2D eigenvalue weighted by atomic mass is 35.5. The maximum Gasteiger partial charge on any atom is 0.267 e. The summed E-state index contributed by atoms with van der Waals surface area (Å²) in [6.45, 7) is 13.9. The first-order chi connectivity index (χ1) is 22.0. The average Bonchev–Trinajstić information content (AvgIpc) is 3.63. The van der Waals surface area contributed by atoms with E-state index in [0.29, 0.717) is 45.4 Å². The van der Waals surface area contributed by atoms with Crippen molar-refractivity contribution in [3.63, 3.8) is 0 Å². The molecule has 1 amide bonds. The number of hydrogen-bond donors (Lipinski definition) is 2. The summed E-state index contributed by atoms with van der Waals surface area (Å²) < 4.78 is 6.35. The minimum Gasteiger partial charge on any atom is -0.417 e. The highest BCUT2D eigenvalue weighted by molar-refractivity contribution is 7.17. The fourth-order valence-electron chi connectivity index (χ4n) is 5.45. The number of thiazole rings is 1. The molecule has 11 nitrogen and oxygen atoms in total. The van der Waals surface area contributed by atoms with E-state index in [9.17, 15) is 4.79 Å². The lowest BCUT2D eigenvalue weighted by atomic mass is 10.1. The molecule has 2 N–H and O–H groups in total. The lowest BCUT2D eigenvalue weighted by molar-refractivity contribution is 0.103. The van der Waals surface area contributed by atoms with Crippen LogP contribution in [0.2, 0.25) is 24.2 Å². The van der Waals surface area contributed by atoms with E-state index in [-0.39, 0.29) is 11.6 Å². The monoisotopic (exact) mass is 679 g/mol. The second-order valence-corrected chi connectivity index (χ2v) is 18.1. The summed E-state index contributed by atoms with van der Waals surface area (Å²) in [5, 5.41) is 15.7. The van der Waals surface area contributed by atoms with E-state index in [1.807, 2.05) is 32.0 Å². The standard InChI is InChI=1S/C32H42ClN9O2SSi/c1-6-7-12-32(39-40-32)13-19-44-46(4,5)20-9-14-41-15-17-42(18-16-41)28-21-27(35-24(3)36-28)37-31-34-22-26(45-31)30(43)38-29-23(2)10-8-11-25(29)33/h1,8,10-11,21-22H,7,9,12-20H2,2-5H3,(H,38,43)(H,34,35,36,37). The first kappa shape index (κ1) is 33.9. The van der Waals surface area contributed by atoms with Gasteiger partial charge < -0.3 is 20.0 Å². The molecule has 0 atom stereocenters. The van der Waals surface area contributed by atoms with Crippen LogP contribution in [0.5, 0.6) is 0 Å². The molecule has 5 rings (SSSR count). The Morgan fingerprint density at radius 1 is 1.17 bits per heavy atom. The normalized spacial score (nSPS) is 15.9. The number of nitrogens with one attached hydrogen (secondary N) is 2. The number of halogens is 1. The van der Waals surface area contributed by atoms with Gasteiger partial charge in [-0.2, -0.15) is 10.2 Å². The van der Waals surface area contributed by atoms with E-state index >= 15 is 0 Å². The van der Waals surface area contributed by atoms with Gasteiger partial charge in [0.25, 0.3) is 5.91 Å². The topological polar surface area (TPSA) is 120 Å². The molecule has 0 unspecified atom stereocenters. The number of benzene rings is 1. The van der Waals surface area contributed by atoms with Crippen LogP contribution < -0.4 is 15.5 Å². The number of amides is 1. The van der Waals surface area contributed by atoms with Gasteiger partial charge in [-0.15, -0.1) is 12.3 Å². The van der Waals surface area contributed by atoms with Crippen molar-refractivity contribution in [2.75, 3.05) is 54.9 Å². The summed E-state index contributed by atoms with van der Waals surface area (Å²) in [5.41, 5.74) is 1.23. The third kappa shape index (κ3) is 9.33. The van der Waals surface area contributed by atoms with E-state index in [1.165, 1.54) is 11.3 Å². The van der Waals surface area contributed by atoms with Gasteiger partial charge in [0.05, 0.1) is 16.9 Å². The van der Waals surface area contributed by atoms with Crippen molar-refractivity contribution in [1.29, 1.82) is 0 Å². The molecule has 4 heterocycles. The minimum absolute atomic E-state index is 0.260. The van der Waals surface area contributed by atoms with Crippen molar-refractivity contribution in [1.82, 2.24) is 19.9 Å². The number of piperazine rings is 1.